The Morgan fingerprint density at radius 3 is 2.82 bits per heavy atom. The number of rotatable bonds is 7. The van der Waals surface area contributed by atoms with Crippen LogP contribution >= 0.6 is 22.9 Å². The number of carbonyl (C=O) groups excluding carboxylic acids is 2. The summed E-state index contributed by atoms with van der Waals surface area (Å²) in [5.74, 6) is 0.492. The van der Waals surface area contributed by atoms with Crippen molar-refractivity contribution in [1.82, 2.24) is 15.2 Å². The summed E-state index contributed by atoms with van der Waals surface area (Å²) >= 11 is 7.54. The molecule has 4 rings (SSSR count). The van der Waals surface area contributed by atoms with Crippen molar-refractivity contribution < 1.29 is 14.3 Å². The van der Waals surface area contributed by atoms with Gasteiger partial charge in [0.25, 0.3) is 5.91 Å². The summed E-state index contributed by atoms with van der Waals surface area (Å²) in [6.45, 7) is 2.09. The fourth-order valence-electron chi connectivity index (χ4n) is 4.45. The van der Waals surface area contributed by atoms with Crippen molar-refractivity contribution in [3.63, 3.8) is 0 Å². The van der Waals surface area contributed by atoms with Crippen molar-refractivity contribution in [3.05, 3.63) is 51.0 Å². The Bertz CT molecular complexity index is 1050. The molecule has 0 saturated carbocycles. The molecule has 1 saturated heterocycles. The van der Waals surface area contributed by atoms with Crippen molar-refractivity contribution >= 4 is 40.6 Å². The van der Waals surface area contributed by atoms with Gasteiger partial charge in [-0.1, -0.05) is 23.3 Å². The predicted octanol–water partition coefficient (Wildman–Crippen LogP) is 5.84. The van der Waals surface area contributed by atoms with Gasteiger partial charge in [0.1, 0.15) is 11.4 Å². The van der Waals surface area contributed by atoms with E-state index in [9.17, 15) is 9.59 Å². The van der Waals surface area contributed by atoms with Gasteiger partial charge in [0.15, 0.2) is 0 Å². The zero-order valence-corrected chi connectivity index (χ0v) is 21.0. The number of nitrogens with zero attached hydrogens (tertiary/aromatic N) is 2. The van der Waals surface area contributed by atoms with Crippen LogP contribution < -0.4 is 15.4 Å². The number of aromatic nitrogens is 1. The average Bonchev–Trinajstić information content (AvgIpc) is 3.35. The zero-order chi connectivity index (χ0) is 23.9. The number of piperidine rings is 1. The van der Waals surface area contributed by atoms with Crippen molar-refractivity contribution in [1.29, 1.82) is 0 Å². The number of likely N-dealkylation sites (tertiary alicyclic amines) is 1. The van der Waals surface area contributed by atoms with Crippen LogP contribution in [0.4, 0.5) is 10.5 Å². The van der Waals surface area contributed by atoms with E-state index in [2.05, 4.69) is 21.7 Å². The van der Waals surface area contributed by atoms with E-state index in [-0.39, 0.29) is 17.9 Å². The number of allylic oxidation sites excluding steroid dienone is 1. The minimum absolute atomic E-state index is 0.0181. The number of methoxy groups -OCH3 is 1. The maximum absolute atomic E-state index is 12.7. The largest absolute Gasteiger partial charge is 0.495 e. The van der Waals surface area contributed by atoms with Crippen LogP contribution in [0.15, 0.2) is 35.2 Å². The second-order valence-electron chi connectivity index (χ2n) is 8.72. The fourth-order valence-corrected chi connectivity index (χ4v) is 5.59. The lowest BCUT2D eigenvalue weighted by Gasteiger charge is -2.31. The first-order valence-electron chi connectivity index (χ1n) is 11.8. The second-order valence-corrected chi connectivity index (χ2v) is 10.0. The number of benzene rings is 1. The Hall–Kier alpha value is -2.58. The van der Waals surface area contributed by atoms with Gasteiger partial charge in [0, 0.05) is 36.0 Å². The number of amides is 3. The van der Waals surface area contributed by atoms with Crippen molar-refractivity contribution in [2.75, 3.05) is 32.1 Å². The molecule has 2 aliphatic rings. The van der Waals surface area contributed by atoms with Crippen LogP contribution in [0, 0.1) is 0 Å². The number of anilines is 1. The SMILES string of the molecule is COc1ccc(Cl)cc1NC(=O)c1csc(C2CCN(C(=O)NCCC3=CCCCC3)CC2)n1. The Labute approximate surface area is 209 Å². The van der Waals surface area contributed by atoms with E-state index >= 15 is 0 Å². The molecule has 34 heavy (non-hydrogen) atoms. The molecule has 1 aromatic carbocycles. The Morgan fingerprint density at radius 1 is 1.26 bits per heavy atom. The van der Waals surface area contributed by atoms with Crippen LogP contribution in [0.25, 0.3) is 0 Å². The minimum Gasteiger partial charge on any atom is -0.495 e. The molecule has 0 spiro atoms. The number of hydrogen-bond donors (Lipinski definition) is 2. The summed E-state index contributed by atoms with van der Waals surface area (Å²) in [4.78, 5) is 31.7. The number of carbonyl (C=O) groups is 2. The van der Waals surface area contributed by atoms with Crippen LogP contribution in [-0.2, 0) is 0 Å². The van der Waals surface area contributed by atoms with E-state index in [0.29, 0.717) is 41.8 Å². The van der Waals surface area contributed by atoms with E-state index in [1.165, 1.54) is 42.6 Å². The molecule has 7 nitrogen and oxygen atoms in total. The number of halogens is 1. The maximum Gasteiger partial charge on any atom is 0.317 e. The molecule has 9 heteroatoms. The highest BCUT2D eigenvalue weighted by Crippen LogP contribution is 2.32. The van der Waals surface area contributed by atoms with Gasteiger partial charge in [-0.25, -0.2) is 9.78 Å². The first kappa shape index (κ1) is 24.5. The predicted molar refractivity (Wildman–Crippen MR) is 136 cm³/mol. The van der Waals surface area contributed by atoms with Crippen LogP contribution in [0.5, 0.6) is 5.75 Å². The van der Waals surface area contributed by atoms with Gasteiger partial charge in [-0.2, -0.15) is 0 Å². The molecule has 3 amide bonds. The summed E-state index contributed by atoms with van der Waals surface area (Å²) < 4.78 is 5.29. The number of thiazole rings is 1. The van der Waals surface area contributed by atoms with E-state index < -0.39 is 0 Å². The Kier molecular flexibility index (Phi) is 8.45. The molecule has 0 unspecified atom stereocenters. The van der Waals surface area contributed by atoms with Crippen molar-refractivity contribution in [2.45, 2.75) is 50.9 Å². The first-order valence-corrected chi connectivity index (χ1v) is 13.1. The molecular formula is C25H31ClN4O3S. The zero-order valence-electron chi connectivity index (χ0n) is 19.4. The van der Waals surface area contributed by atoms with E-state index in [1.807, 2.05) is 4.90 Å². The molecule has 0 radical (unpaired) electrons. The van der Waals surface area contributed by atoms with Crippen LogP contribution in [0.1, 0.15) is 66.4 Å². The second kappa shape index (κ2) is 11.7. The van der Waals surface area contributed by atoms with Crippen LogP contribution in [0.3, 0.4) is 0 Å². The van der Waals surface area contributed by atoms with Gasteiger partial charge in [0.2, 0.25) is 0 Å². The maximum atomic E-state index is 12.7. The highest BCUT2D eigenvalue weighted by atomic mass is 35.5. The normalized spacial score (nSPS) is 16.6. The Morgan fingerprint density at radius 2 is 2.09 bits per heavy atom. The molecule has 0 bridgehead atoms. The summed E-state index contributed by atoms with van der Waals surface area (Å²) in [5.41, 5.74) is 2.36. The molecule has 2 aromatic rings. The quantitative estimate of drug-likeness (QED) is 0.466. The lowest BCUT2D eigenvalue weighted by molar-refractivity contribution is 0.102. The number of ether oxygens (including phenoxy) is 1. The molecule has 1 aliphatic heterocycles. The standard InChI is InChI=1S/C25H31ClN4O3S/c1-33-22-8-7-19(26)15-20(22)28-23(31)21-16-34-24(29-21)18-10-13-30(14-11-18)25(32)27-12-9-17-5-3-2-4-6-17/h5,7-8,15-16,18H,2-4,6,9-14H2,1H3,(H,27,32)(H,28,31). The Balaban J connectivity index is 1.25. The van der Waals surface area contributed by atoms with E-state index in [0.717, 1.165) is 24.3 Å². The highest BCUT2D eigenvalue weighted by Gasteiger charge is 2.26. The van der Waals surface area contributed by atoms with Gasteiger partial charge < -0.3 is 20.3 Å². The highest BCUT2D eigenvalue weighted by molar-refractivity contribution is 7.10. The number of nitrogens with one attached hydrogen (secondary N) is 2. The molecule has 182 valence electrons. The van der Waals surface area contributed by atoms with Gasteiger partial charge in [-0.3, -0.25) is 4.79 Å². The summed E-state index contributed by atoms with van der Waals surface area (Å²) in [6.07, 6.45) is 9.86. The first-order chi connectivity index (χ1) is 16.5. The molecule has 1 fully saturated rings. The number of urea groups is 1. The van der Waals surface area contributed by atoms with Crippen molar-refractivity contribution in [2.24, 2.45) is 0 Å². The van der Waals surface area contributed by atoms with Crippen LogP contribution in [-0.4, -0.2) is 48.6 Å². The third-order valence-corrected chi connectivity index (χ3v) is 7.65. The lowest BCUT2D eigenvalue weighted by Crippen LogP contribution is -2.44. The minimum atomic E-state index is -0.298. The molecule has 2 N–H and O–H groups in total. The van der Waals surface area contributed by atoms with Crippen molar-refractivity contribution in [3.8, 4) is 5.75 Å². The smallest absolute Gasteiger partial charge is 0.317 e. The van der Waals surface area contributed by atoms with Crippen LogP contribution in [0.2, 0.25) is 5.02 Å². The topological polar surface area (TPSA) is 83.6 Å². The van der Waals surface area contributed by atoms with E-state index in [1.54, 1.807) is 30.7 Å². The third kappa shape index (κ3) is 6.30. The van der Waals surface area contributed by atoms with E-state index in [4.69, 9.17) is 16.3 Å². The number of hydrogen-bond acceptors (Lipinski definition) is 5. The van der Waals surface area contributed by atoms with Gasteiger partial charge in [-0.05, 0) is 63.1 Å². The average molecular weight is 503 g/mol. The van der Waals surface area contributed by atoms with Gasteiger partial charge in [-0.15, -0.1) is 11.3 Å². The third-order valence-electron chi connectivity index (χ3n) is 6.40. The fraction of sp³-hybridized carbons (Fsp3) is 0.480. The molecule has 1 aromatic heterocycles. The molecule has 0 atom stereocenters. The molecular weight excluding hydrogens is 472 g/mol. The monoisotopic (exact) mass is 502 g/mol. The summed E-state index contributed by atoms with van der Waals surface area (Å²) in [5, 5.41) is 9.13. The van der Waals surface area contributed by atoms with Gasteiger partial charge in [0.05, 0.1) is 17.8 Å². The summed E-state index contributed by atoms with van der Waals surface area (Å²) in [7, 11) is 1.54. The lowest BCUT2D eigenvalue weighted by atomic mass is 9.97. The summed E-state index contributed by atoms with van der Waals surface area (Å²) in [6, 6.07) is 5.09. The van der Waals surface area contributed by atoms with Gasteiger partial charge >= 0.3 is 6.03 Å². The molecule has 1 aliphatic carbocycles. The molecule has 2 heterocycles.